The second-order valence-corrected chi connectivity index (χ2v) is 11.8. The Bertz CT molecular complexity index is 1460. The molecule has 0 atom stereocenters. The van der Waals surface area contributed by atoms with Gasteiger partial charge in [0.05, 0.1) is 39.2 Å². The molecule has 13 heteroatoms. The summed E-state index contributed by atoms with van der Waals surface area (Å²) in [6.45, 7) is 1.56. The maximum absolute atomic E-state index is 12.7. The van der Waals surface area contributed by atoms with Crippen LogP contribution in [0.3, 0.4) is 0 Å². The molecule has 36 heavy (non-hydrogen) atoms. The second-order valence-electron chi connectivity index (χ2n) is 7.45. The lowest BCUT2D eigenvalue weighted by Gasteiger charge is -2.24. The third-order valence-electron chi connectivity index (χ3n) is 4.77. The fourth-order valence-corrected chi connectivity index (χ4v) is 5.49. The Hall–Kier alpha value is -2.99. The fraction of sp³-hybridized carbons (Fsp3) is 0.174. The van der Waals surface area contributed by atoms with Gasteiger partial charge in [-0.2, -0.15) is 0 Å². The van der Waals surface area contributed by atoms with Crippen LogP contribution in [0.15, 0.2) is 71.6 Å². The van der Waals surface area contributed by atoms with Crippen LogP contribution in [0.25, 0.3) is 0 Å². The molecule has 0 saturated heterocycles. The lowest BCUT2D eigenvalue weighted by Crippen LogP contribution is -2.37. The van der Waals surface area contributed by atoms with Crippen LogP contribution < -0.4 is 19.1 Å². The number of rotatable bonds is 10. The van der Waals surface area contributed by atoms with Gasteiger partial charge in [-0.3, -0.25) is 13.8 Å². The first kappa shape index (κ1) is 27.6. The number of carbonyl (C=O) groups excluding carboxylic acids is 1. The van der Waals surface area contributed by atoms with E-state index in [0.717, 1.165) is 10.6 Å². The van der Waals surface area contributed by atoms with Crippen molar-refractivity contribution in [2.45, 2.75) is 11.8 Å². The van der Waals surface area contributed by atoms with Crippen LogP contribution in [0.2, 0.25) is 10.0 Å². The summed E-state index contributed by atoms with van der Waals surface area (Å²) in [5.74, 6) is -0.314. The van der Waals surface area contributed by atoms with Crippen molar-refractivity contribution in [2.24, 2.45) is 0 Å². The van der Waals surface area contributed by atoms with E-state index >= 15 is 0 Å². The molecular weight excluding hydrogens is 549 g/mol. The summed E-state index contributed by atoms with van der Waals surface area (Å²) in [5.41, 5.74) is 0.616. The van der Waals surface area contributed by atoms with Gasteiger partial charge in [0.25, 0.3) is 10.0 Å². The van der Waals surface area contributed by atoms with Gasteiger partial charge in [0, 0.05) is 5.69 Å². The van der Waals surface area contributed by atoms with Gasteiger partial charge in [0.15, 0.2) is 0 Å². The zero-order valence-electron chi connectivity index (χ0n) is 19.2. The summed E-state index contributed by atoms with van der Waals surface area (Å²) in [6, 6.07) is 16.4. The number of carbonyl (C=O) groups is 1. The third-order valence-corrected chi connectivity index (χ3v) is 8.09. The van der Waals surface area contributed by atoms with Gasteiger partial charge in [0.2, 0.25) is 15.9 Å². The van der Waals surface area contributed by atoms with Crippen molar-refractivity contribution < 1.29 is 26.4 Å². The van der Waals surface area contributed by atoms with E-state index in [4.69, 9.17) is 27.9 Å². The summed E-state index contributed by atoms with van der Waals surface area (Å²) in [7, 11) is -7.81. The monoisotopic (exact) mass is 571 g/mol. The minimum atomic E-state index is -3.99. The second kappa shape index (κ2) is 11.4. The maximum atomic E-state index is 12.7. The lowest BCUT2D eigenvalue weighted by molar-refractivity contribution is -0.114. The Labute approximate surface area is 220 Å². The first-order chi connectivity index (χ1) is 16.9. The van der Waals surface area contributed by atoms with Crippen LogP contribution in [0, 0.1) is 0 Å². The molecule has 0 saturated carbocycles. The van der Waals surface area contributed by atoms with E-state index in [0.29, 0.717) is 12.4 Å². The predicted octanol–water partition coefficient (Wildman–Crippen LogP) is 4.60. The number of hydrogen-bond donors (Lipinski definition) is 2. The van der Waals surface area contributed by atoms with Gasteiger partial charge in [0.1, 0.15) is 12.3 Å². The summed E-state index contributed by atoms with van der Waals surface area (Å²) < 4.78 is 59.1. The number of halogens is 2. The minimum absolute atomic E-state index is 0.0629. The zero-order chi connectivity index (χ0) is 26.5. The SMILES string of the molecule is CCOc1ccccc1N(CC(=O)Nc1ccc(S(=O)(=O)Nc2cccc(Cl)c2Cl)cc1)S(C)(=O)=O. The number of hydrogen-bond acceptors (Lipinski definition) is 6. The Balaban J connectivity index is 1.75. The molecule has 3 aromatic rings. The number of nitrogens with one attached hydrogen (secondary N) is 2. The smallest absolute Gasteiger partial charge is 0.261 e. The van der Waals surface area contributed by atoms with E-state index in [1.165, 1.54) is 42.5 Å². The standard InChI is InChI=1S/C23H23Cl2N3O6S2/c1-3-34-21-10-5-4-9-20(21)28(35(2,30)31)15-22(29)26-16-11-13-17(14-12-16)36(32,33)27-19-8-6-7-18(24)23(19)25/h4-14,27H,3,15H2,1-2H3,(H,26,29). The molecule has 0 aliphatic heterocycles. The molecule has 0 aliphatic rings. The highest BCUT2D eigenvalue weighted by atomic mass is 35.5. The normalized spacial score (nSPS) is 11.6. The van der Waals surface area contributed by atoms with E-state index in [1.54, 1.807) is 31.2 Å². The van der Waals surface area contributed by atoms with Crippen molar-refractivity contribution in [1.29, 1.82) is 0 Å². The van der Waals surface area contributed by atoms with Crippen LogP contribution >= 0.6 is 23.2 Å². The summed E-state index contributed by atoms with van der Waals surface area (Å²) in [5, 5.41) is 2.83. The molecule has 0 aromatic heterocycles. The molecule has 0 heterocycles. The third kappa shape index (κ3) is 6.82. The molecule has 9 nitrogen and oxygen atoms in total. The first-order valence-electron chi connectivity index (χ1n) is 10.5. The van der Waals surface area contributed by atoms with Crippen LogP contribution in [0.1, 0.15) is 6.92 Å². The first-order valence-corrected chi connectivity index (χ1v) is 14.6. The summed E-state index contributed by atoms with van der Waals surface area (Å²) in [4.78, 5) is 12.6. The van der Waals surface area contributed by atoms with Crippen molar-refractivity contribution in [2.75, 3.05) is 33.8 Å². The van der Waals surface area contributed by atoms with E-state index in [2.05, 4.69) is 10.0 Å². The molecule has 0 unspecified atom stereocenters. The van der Waals surface area contributed by atoms with Crippen molar-refractivity contribution in [3.05, 3.63) is 76.8 Å². The summed E-state index contributed by atoms with van der Waals surface area (Å²) >= 11 is 12.0. The average Bonchev–Trinajstić information content (AvgIpc) is 2.81. The van der Waals surface area contributed by atoms with Gasteiger partial charge in [-0.1, -0.05) is 41.4 Å². The number of amides is 1. The summed E-state index contributed by atoms with van der Waals surface area (Å²) in [6.07, 6.45) is 0.988. The molecule has 1 amide bonds. The fourth-order valence-electron chi connectivity index (χ4n) is 3.16. The van der Waals surface area contributed by atoms with Crippen LogP contribution in [-0.4, -0.2) is 42.2 Å². The Kier molecular flexibility index (Phi) is 8.72. The van der Waals surface area contributed by atoms with E-state index in [9.17, 15) is 21.6 Å². The number of nitrogens with zero attached hydrogens (tertiary/aromatic N) is 1. The zero-order valence-corrected chi connectivity index (χ0v) is 22.4. The lowest BCUT2D eigenvalue weighted by atomic mass is 10.3. The molecule has 0 radical (unpaired) electrons. The van der Waals surface area contributed by atoms with Crippen molar-refractivity contribution >= 4 is 66.2 Å². The molecule has 0 fully saturated rings. The highest BCUT2D eigenvalue weighted by molar-refractivity contribution is 7.92. The molecule has 0 bridgehead atoms. The van der Waals surface area contributed by atoms with Gasteiger partial charge in [-0.25, -0.2) is 16.8 Å². The molecule has 0 spiro atoms. The highest BCUT2D eigenvalue weighted by Crippen LogP contribution is 2.32. The molecule has 3 aromatic carbocycles. The largest absolute Gasteiger partial charge is 0.492 e. The molecule has 3 rings (SSSR count). The number of para-hydroxylation sites is 2. The van der Waals surface area contributed by atoms with E-state index < -0.39 is 32.5 Å². The Morgan fingerprint density at radius 2 is 1.61 bits per heavy atom. The Morgan fingerprint density at radius 3 is 2.25 bits per heavy atom. The van der Waals surface area contributed by atoms with Crippen LogP contribution in [0.5, 0.6) is 5.75 Å². The highest BCUT2D eigenvalue weighted by Gasteiger charge is 2.24. The molecule has 0 aliphatic carbocycles. The van der Waals surface area contributed by atoms with Crippen molar-refractivity contribution in [1.82, 2.24) is 0 Å². The average molecular weight is 572 g/mol. The molecule has 2 N–H and O–H groups in total. The number of ether oxygens (including phenoxy) is 1. The van der Waals surface area contributed by atoms with Crippen molar-refractivity contribution in [3.63, 3.8) is 0 Å². The molecular formula is C23H23Cl2N3O6S2. The van der Waals surface area contributed by atoms with Crippen LogP contribution in [0.4, 0.5) is 17.1 Å². The molecule has 192 valence electrons. The Morgan fingerprint density at radius 1 is 0.944 bits per heavy atom. The van der Waals surface area contributed by atoms with E-state index in [-0.39, 0.29) is 32.0 Å². The van der Waals surface area contributed by atoms with Crippen LogP contribution in [-0.2, 0) is 24.8 Å². The number of sulfonamides is 2. The number of benzene rings is 3. The quantitative estimate of drug-likeness (QED) is 0.366. The van der Waals surface area contributed by atoms with Gasteiger partial charge in [-0.05, 0) is 55.5 Å². The minimum Gasteiger partial charge on any atom is -0.492 e. The predicted molar refractivity (Wildman–Crippen MR) is 142 cm³/mol. The van der Waals surface area contributed by atoms with Gasteiger partial charge >= 0.3 is 0 Å². The van der Waals surface area contributed by atoms with Gasteiger partial charge < -0.3 is 10.1 Å². The topological polar surface area (TPSA) is 122 Å². The van der Waals surface area contributed by atoms with Gasteiger partial charge in [-0.15, -0.1) is 0 Å². The van der Waals surface area contributed by atoms with Crippen molar-refractivity contribution in [3.8, 4) is 5.75 Å². The number of anilines is 3. The maximum Gasteiger partial charge on any atom is 0.261 e. The van der Waals surface area contributed by atoms with E-state index in [1.807, 2.05) is 0 Å².